The highest BCUT2D eigenvalue weighted by molar-refractivity contribution is 5.88. The van der Waals surface area contributed by atoms with Crippen LogP contribution in [0.2, 0.25) is 0 Å². The average molecular weight is 374 g/mol. The Morgan fingerprint density at radius 3 is 2.50 bits per heavy atom. The van der Waals surface area contributed by atoms with Crippen molar-refractivity contribution < 1.29 is 27.2 Å². The summed E-state index contributed by atoms with van der Waals surface area (Å²) in [4.78, 5) is 25.5. The first-order chi connectivity index (χ1) is 11.9. The van der Waals surface area contributed by atoms with Crippen LogP contribution in [0.3, 0.4) is 0 Å². The molecule has 0 aliphatic carbocycles. The molecule has 2 rings (SSSR count). The number of benzene rings is 1. The van der Waals surface area contributed by atoms with E-state index in [9.17, 15) is 27.2 Å². The average Bonchev–Trinajstić information content (AvgIpc) is 2.99. The Labute approximate surface area is 149 Å². The molecular formula is C18H22F4N2O2. The van der Waals surface area contributed by atoms with Gasteiger partial charge in [0.2, 0.25) is 5.91 Å². The van der Waals surface area contributed by atoms with E-state index in [0.717, 1.165) is 12.1 Å². The molecule has 0 bridgehead atoms. The second-order valence-corrected chi connectivity index (χ2v) is 7.51. The van der Waals surface area contributed by atoms with Crippen molar-refractivity contribution in [3.05, 3.63) is 29.6 Å². The third kappa shape index (κ3) is 4.34. The Morgan fingerprint density at radius 1 is 1.31 bits per heavy atom. The fourth-order valence-electron chi connectivity index (χ4n) is 3.02. The number of alkyl halides is 3. The van der Waals surface area contributed by atoms with Gasteiger partial charge in [-0.25, -0.2) is 4.39 Å². The Morgan fingerprint density at radius 2 is 1.96 bits per heavy atom. The summed E-state index contributed by atoms with van der Waals surface area (Å²) in [6.07, 6.45) is -2.85. The van der Waals surface area contributed by atoms with Crippen LogP contribution in [0.5, 0.6) is 0 Å². The molecule has 144 valence electrons. The maximum Gasteiger partial charge on any atom is 0.419 e. The minimum atomic E-state index is -4.83. The van der Waals surface area contributed by atoms with Crippen molar-refractivity contribution in [3.63, 3.8) is 0 Å². The highest BCUT2D eigenvalue weighted by atomic mass is 19.4. The number of hydrogen-bond acceptors (Lipinski definition) is 3. The van der Waals surface area contributed by atoms with Crippen molar-refractivity contribution in [2.75, 3.05) is 11.9 Å². The van der Waals surface area contributed by atoms with Gasteiger partial charge in [0, 0.05) is 12.2 Å². The number of halogens is 4. The fourth-order valence-corrected chi connectivity index (χ4v) is 3.02. The summed E-state index contributed by atoms with van der Waals surface area (Å²) >= 11 is 0. The third-order valence-corrected chi connectivity index (χ3v) is 4.44. The topological polar surface area (TPSA) is 49.4 Å². The number of carbonyl (C=O) groups is 2. The predicted molar refractivity (Wildman–Crippen MR) is 89.1 cm³/mol. The van der Waals surface area contributed by atoms with Gasteiger partial charge in [0.15, 0.2) is 0 Å². The molecule has 0 spiro atoms. The van der Waals surface area contributed by atoms with E-state index < -0.39 is 35.1 Å². The van der Waals surface area contributed by atoms with Gasteiger partial charge in [-0.05, 0) is 36.5 Å². The van der Waals surface area contributed by atoms with Crippen molar-refractivity contribution in [1.82, 2.24) is 4.90 Å². The van der Waals surface area contributed by atoms with Crippen molar-refractivity contribution in [2.24, 2.45) is 5.41 Å². The summed E-state index contributed by atoms with van der Waals surface area (Å²) in [6, 6.07) is 1.16. The molecule has 1 aliphatic rings. The molecule has 1 N–H and O–H groups in total. The van der Waals surface area contributed by atoms with Gasteiger partial charge in [0.1, 0.15) is 18.1 Å². The lowest BCUT2D eigenvalue weighted by Gasteiger charge is -2.35. The Hall–Kier alpha value is -2.12. The van der Waals surface area contributed by atoms with Gasteiger partial charge in [-0.2, -0.15) is 13.2 Å². The third-order valence-electron chi connectivity index (χ3n) is 4.44. The summed E-state index contributed by atoms with van der Waals surface area (Å²) in [5, 5.41) is 2.81. The highest BCUT2D eigenvalue weighted by Crippen LogP contribution is 2.34. The molecule has 1 heterocycles. The molecule has 0 saturated carbocycles. The van der Waals surface area contributed by atoms with Gasteiger partial charge in [0.25, 0.3) is 0 Å². The van der Waals surface area contributed by atoms with E-state index in [4.69, 9.17) is 0 Å². The maximum atomic E-state index is 13.5. The predicted octanol–water partition coefficient (Wildman–Crippen LogP) is 3.86. The van der Waals surface area contributed by atoms with Crippen LogP contribution in [0, 0.1) is 11.2 Å². The minimum Gasteiger partial charge on any atom is -0.373 e. The van der Waals surface area contributed by atoms with Crippen LogP contribution < -0.4 is 5.32 Å². The molecule has 4 nitrogen and oxygen atoms in total. The highest BCUT2D eigenvalue weighted by Gasteiger charge is 2.39. The monoisotopic (exact) mass is 374 g/mol. The van der Waals surface area contributed by atoms with Gasteiger partial charge in [0.05, 0.1) is 11.6 Å². The van der Waals surface area contributed by atoms with Crippen molar-refractivity contribution >= 4 is 17.9 Å². The fraction of sp³-hybridized carbons (Fsp3) is 0.556. The standard InChI is InChI=1S/C18H22F4N2O2/c1-17(2,3)15(16(26)24-8-4-5-12(24)10-25)23-11-6-7-14(19)13(9-11)18(20,21)22/h6-7,9-10,12,15,23H,4-5,8H2,1-3H3. The number of aldehydes is 1. The molecule has 1 saturated heterocycles. The molecule has 1 aromatic rings. The van der Waals surface area contributed by atoms with E-state index in [-0.39, 0.29) is 11.6 Å². The SMILES string of the molecule is CC(C)(C)C(Nc1ccc(F)c(C(F)(F)F)c1)C(=O)N1CCCC1C=O. The quantitative estimate of drug-likeness (QED) is 0.643. The molecule has 0 aromatic heterocycles. The van der Waals surface area contributed by atoms with Crippen LogP contribution in [0.1, 0.15) is 39.2 Å². The van der Waals surface area contributed by atoms with E-state index in [1.54, 1.807) is 20.8 Å². The Balaban J connectivity index is 2.32. The Bertz CT molecular complexity index is 683. The van der Waals surface area contributed by atoms with Crippen LogP contribution in [0.15, 0.2) is 18.2 Å². The summed E-state index contributed by atoms with van der Waals surface area (Å²) < 4.78 is 52.2. The van der Waals surface area contributed by atoms with E-state index >= 15 is 0 Å². The number of carbonyl (C=O) groups excluding carboxylic acids is 2. The number of hydrogen-bond donors (Lipinski definition) is 1. The number of rotatable bonds is 4. The van der Waals surface area contributed by atoms with E-state index in [2.05, 4.69) is 5.32 Å². The van der Waals surface area contributed by atoms with Gasteiger partial charge >= 0.3 is 6.18 Å². The molecular weight excluding hydrogens is 352 g/mol. The normalized spacial score (nSPS) is 19.3. The molecule has 1 aromatic carbocycles. The van der Waals surface area contributed by atoms with Gasteiger partial charge in [-0.1, -0.05) is 20.8 Å². The second kappa shape index (κ2) is 7.25. The number of nitrogens with zero attached hydrogens (tertiary/aromatic N) is 1. The zero-order chi connectivity index (χ0) is 19.7. The van der Waals surface area contributed by atoms with Crippen molar-refractivity contribution in [3.8, 4) is 0 Å². The van der Waals surface area contributed by atoms with E-state index in [1.165, 1.54) is 4.90 Å². The summed E-state index contributed by atoms with van der Waals surface area (Å²) in [6.45, 7) is 5.72. The Kier molecular flexibility index (Phi) is 5.63. The van der Waals surface area contributed by atoms with Gasteiger partial charge in [-0.15, -0.1) is 0 Å². The lowest BCUT2D eigenvalue weighted by atomic mass is 9.85. The maximum absolute atomic E-state index is 13.5. The first-order valence-electron chi connectivity index (χ1n) is 8.34. The number of anilines is 1. The first kappa shape index (κ1) is 20.2. The molecule has 2 atom stereocenters. The zero-order valence-corrected chi connectivity index (χ0v) is 14.9. The van der Waals surface area contributed by atoms with Crippen molar-refractivity contribution in [2.45, 2.75) is 51.9 Å². The second-order valence-electron chi connectivity index (χ2n) is 7.51. The molecule has 26 heavy (non-hydrogen) atoms. The first-order valence-corrected chi connectivity index (χ1v) is 8.34. The smallest absolute Gasteiger partial charge is 0.373 e. The molecule has 1 aliphatic heterocycles. The van der Waals surface area contributed by atoms with Crippen LogP contribution in [0.4, 0.5) is 23.2 Å². The number of amides is 1. The number of nitrogens with one attached hydrogen (secondary N) is 1. The van der Waals surface area contributed by atoms with Gasteiger partial charge in [-0.3, -0.25) is 4.79 Å². The van der Waals surface area contributed by atoms with Gasteiger partial charge < -0.3 is 15.0 Å². The van der Waals surface area contributed by atoms with Crippen LogP contribution in [0.25, 0.3) is 0 Å². The lowest BCUT2D eigenvalue weighted by Crippen LogP contribution is -2.51. The molecule has 2 unspecified atom stereocenters. The van der Waals surface area contributed by atoms with Crippen LogP contribution in [-0.4, -0.2) is 35.7 Å². The largest absolute Gasteiger partial charge is 0.419 e. The summed E-state index contributed by atoms with van der Waals surface area (Å²) in [7, 11) is 0. The lowest BCUT2D eigenvalue weighted by molar-refractivity contribution is -0.140. The zero-order valence-electron chi connectivity index (χ0n) is 14.9. The molecule has 8 heteroatoms. The molecule has 0 radical (unpaired) electrons. The number of likely N-dealkylation sites (tertiary alicyclic amines) is 1. The van der Waals surface area contributed by atoms with Crippen molar-refractivity contribution in [1.29, 1.82) is 0 Å². The van der Waals surface area contributed by atoms with E-state index in [0.29, 0.717) is 31.7 Å². The van der Waals surface area contributed by atoms with Crippen LogP contribution >= 0.6 is 0 Å². The van der Waals surface area contributed by atoms with E-state index in [1.807, 2.05) is 0 Å². The molecule has 1 amide bonds. The summed E-state index contributed by atoms with van der Waals surface area (Å²) in [5.74, 6) is -1.73. The summed E-state index contributed by atoms with van der Waals surface area (Å²) in [5.41, 5.74) is -2.04. The molecule has 1 fully saturated rings. The minimum absolute atomic E-state index is 0.00569. The van der Waals surface area contributed by atoms with Crippen LogP contribution in [-0.2, 0) is 15.8 Å².